The summed E-state index contributed by atoms with van der Waals surface area (Å²) in [7, 11) is 0. The maximum absolute atomic E-state index is 11.7. The van der Waals surface area contributed by atoms with Crippen LogP contribution in [0.1, 0.15) is 41.4 Å². The number of fused-ring (bicyclic) bond motifs is 1. The predicted molar refractivity (Wildman–Crippen MR) is 86.4 cm³/mol. The zero-order valence-corrected chi connectivity index (χ0v) is 12.9. The molecular weight excluding hydrogens is 276 g/mol. The van der Waals surface area contributed by atoms with Gasteiger partial charge in [0.05, 0.1) is 0 Å². The summed E-state index contributed by atoms with van der Waals surface area (Å²) < 4.78 is 1.64. The Balaban J connectivity index is 2.23. The lowest BCUT2D eigenvalue weighted by atomic mass is 10.0. The molecule has 0 saturated carbocycles. The molecule has 0 aliphatic heterocycles. The van der Waals surface area contributed by atoms with Crippen LogP contribution in [0, 0.1) is 6.92 Å². The summed E-state index contributed by atoms with van der Waals surface area (Å²) >= 11 is 0. The van der Waals surface area contributed by atoms with E-state index in [2.05, 4.69) is 18.8 Å². The van der Waals surface area contributed by atoms with Gasteiger partial charge in [-0.3, -0.25) is 4.40 Å². The fraction of sp³-hybridized carbons (Fsp3) is 0.222. The summed E-state index contributed by atoms with van der Waals surface area (Å²) in [5.41, 5.74) is 4.40. The van der Waals surface area contributed by atoms with Crippen LogP contribution in [0.15, 0.2) is 42.6 Å². The molecule has 4 nitrogen and oxygen atoms in total. The highest BCUT2D eigenvalue weighted by Crippen LogP contribution is 2.27. The number of carboxylic acid groups (broad SMARTS) is 1. The molecule has 2 heterocycles. The van der Waals surface area contributed by atoms with E-state index in [9.17, 15) is 9.90 Å². The van der Waals surface area contributed by atoms with Crippen molar-refractivity contribution in [3.05, 3.63) is 59.4 Å². The smallest absolute Gasteiger partial charge is 0.355 e. The molecule has 0 fully saturated rings. The molecule has 0 aliphatic rings. The van der Waals surface area contributed by atoms with Gasteiger partial charge in [0.2, 0.25) is 0 Å². The van der Waals surface area contributed by atoms with Crippen molar-refractivity contribution >= 4 is 11.6 Å². The van der Waals surface area contributed by atoms with Gasteiger partial charge >= 0.3 is 5.97 Å². The summed E-state index contributed by atoms with van der Waals surface area (Å²) in [4.78, 5) is 16.3. The lowest BCUT2D eigenvalue weighted by molar-refractivity contribution is 0.0690. The van der Waals surface area contributed by atoms with E-state index in [1.165, 1.54) is 5.56 Å². The molecule has 2 aromatic heterocycles. The first kappa shape index (κ1) is 14.3. The van der Waals surface area contributed by atoms with E-state index in [-0.39, 0.29) is 5.69 Å². The third kappa shape index (κ3) is 2.26. The minimum Gasteiger partial charge on any atom is -0.476 e. The number of carboxylic acids is 1. The quantitative estimate of drug-likeness (QED) is 0.790. The monoisotopic (exact) mass is 294 g/mol. The molecular formula is C18H18N2O2. The van der Waals surface area contributed by atoms with Crippen molar-refractivity contribution in [1.82, 2.24) is 9.38 Å². The fourth-order valence-corrected chi connectivity index (χ4v) is 2.64. The Morgan fingerprint density at radius 3 is 2.45 bits per heavy atom. The van der Waals surface area contributed by atoms with Crippen molar-refractivity contribution in [3.8, 4) is 11.3 Å². The third-order valence-corrected chi connectivity index (χ3v) is 3.90. The number of hydrogen-bond acceptors (Lipinski definition) is 2. The molecule has 3 rings (SSSR count). The molecule has 0 unspecified atom stereocenters. The van der Waals surface area contributed by atoms with Crippen molar-refractivity contribution in [2.45, 2.75) is 26.7 Å². The number of imidazole rings is 1. The molecule has 0 aliphatic carbocycles. The zero-order chi connectivity index (χ0) is 15.9. The average molecular weight is 294 g/mol. The first-order valence-electron chi connectivity index (χ1n) is 7.30. The Bertz CT molecular complexity index is 845. The maximum Gasteiger partial charge on any atom is 0.355 e. The molecule has 0 amide bonds. The third-order valence-electron chi connectivity index (χ3n) is 3.90. The fourth-order valence-electron chi connectivity index (χ4n) is 2.64. The normalized spacial score (nSPS) is 11.3. The Morgan fingerprint density at radius 2 is 1.86 bits per heavy atom. The van der Waals surface area contributed by atoms with Crippen molar-refractivity contribution in [1.29, 1.82) is 0 Å². The lowest BCUT2D eigenvalue weighted by Crippen LogP contribution is -2.03. The van der Waals surface area contributed by atoms with Crippen molar-refractivity contribution in [2.75, 3.05) is 0 Å². The first-order valence-corrected chi connectivity index (χ1v) is 7.30. The molecule has 0 bridgehead atoms. The Labute approximate surface area is 129 Å². The Kier molecular flexibility index (Phi) is 3.45. The molecule has 1 N–H and O–H groups in total. The van der Waals surface area contributed by atoms with Crippen LogP contribution in [0.25, 0.3) is 16.9 Å². The predicted octanol–water partition coefficient (Wildman–Crippen LogP) is 4.13. The lowest BCUT2D eigenvalue weighted by Gasteiger charge is -2.06. The Hall–Kier alpha value is -2.62. The zero-order valence-electron chi connectivity index (χ0n) is 12.9. The van der Waals surface area contributed by atoms with Crippen LogP contribution in [0.5, 0.6) is 0 Å². The summed E-state index contributed by atoms with van der Waals surface area (Å²) in [5, 5.41) is 9.59. The number of pyridine rings is 1. The highest BCUT2D eigenvalue weighted by molar-refractivity contribution is 5.95. The number of hydrogen-bond donors (Lipinski definition) is 1. The van der Waals surface area contributed by atoms with Crippen LogP contribution in [0.2, 0.25) is 0 Å². The van der Waals surface area contributed by atoms with E-state index < -0.39 is 5.97 Å². The molecule has 112 valence electrons. The summed E-state index contributed by atoms with van der Waals surface area (Å²) in [6.07, 6.45) is 1.74. The van der Waals surface area contributed by atoms with Gasteiger partial charge in [-0.25, -0.2) is 9.78 Å². The van der Waals surface area contributed by atoms with E-state index >= 15 is 0 Å². The van der Waals surface area contributed by atoms with Crippen molar-refractivity contribution in [2.24, 2.45) is 0 Å². The summed E-state index contributed by atoms with van der Waals surface area (Å²) in [6, 6.07) is 11.7. The van der Waals surface area contributed by atoms with Crippen molar-refractivity contribution in [3.63, 3.8) is 0 Å². The molecule has 0 saturated heterocycles. The van der Waals surface area contributed by atoms with Gasteiger partial charge in [-0.2, -0.15) is 0 Å². The molecule has 4 heteroatoms. The second-order valence-electron chi connectivity index (χ2n) is 5.78. The number of aromatic nitrogens is 2. The van der Waals surface area contributed by atoms with Gasteiger partial charge in [0.1, 0.15) is 11.3 Å². The minimum atomic E-state index is -0.971. The molecule has 22 heavy (non-hydrogen) atoms. The van der Waals surface area contributed by atoms with E-state index in [0.717, 1.165) is 11.1 Å². The number of aryl methyl sites for hydroxylation is 1. The highest BCUT2D eigenvalue weighted by Gasteiger charge is 2.20. The standard InChI is InChI=1S/C18H18N2O2/c1-11(2)13-6-8-14(9-7-13)15-16(18(21)22)20-10-4-5-12(3)17(20)19-15/h4-11H,1-3H3,(H,21,22). The van der Waals surface area contributed by atoms with Gasteiger partial charge in [-0.15, -0.1) is 0 Å². The molecule has 1 aromatic carbocycles. The van der Waals surface area contributed by atoms with E-state index in [4.69, 9.17) is 0 Å². The molecule has 0 spiro atoms. The van der Waals surface area contributed by atoms with E-state index in [1.54, 1.807) is 10.6 Å². The van der Waals surface area contributed by atoms with Crippen LogP contribution >= 0.6 is 0 Å². The second-order valence-corrected chi connectivity index (χ2v) is 5.78. The number of carbonyl (C=O) groups is 1. The number of aromatic carboxylic acids is 1. The number of nitrogens with zero attached hydrogens (tertiary/aromatic N) is 2. The van der Waals surface area contributed by atoms with Crippen LogP contribution in [-0.4, -0.2) is 20.5 Å². The molecule has 0 radical (unpaired) electrons. The van der Waals surface area contributed by atoms with E-state index in [1.807, 2.05) is 43.3 Å². The van der Waals surface area contributed by atoms with Crippen molar-refractivity contribution < 1.29 is 9.90 Å². The number of benzene rings is 1. The first-order chi connectivity index (χ1) is 10.5. The summed E-state index contributed by atoms with van der Waals surface area (Å²) in [5.74, 6) is -0.530. The van der Waals surface area contributed by atoms with Gasteiger partial charge < -0.3 is 5.11 Å². The number of rotatable bonds is 3. The largest absolute Gasteiger partial charge is 0.476 e. The van der Waals surface area contributed by atoms with Gasteiger partial charge in [0, 0.05) is 11.8 Å². The van der Waals surface area contributed by atoms with Gasteiger partial charge in [0.25, 0.3) is 0 Å². The van der Waals surface area contributed by atoms with Crippen LogP contribution < -0.4 is 0 Å². The summed E-state index contributed by atoms with van der Waals surface area (Å²) in [6.45, 7) is 6.19. The second kappa shape index (κ2) is 5.30. The minimum absolute atomic E-state index is 0.205. The highest BCUT2D eigenvalue weighted by atomic mass is 16.4. The SMILES string of the molecule is Cc1cccn2c(C(=O)O)c(-c3ccc(C(C)C)cc3)nc12. The van der Waals surface area contributed by atoms with Gasteiger partial charge in [-0.05, 0) is 30.0 Å². The molecule has 0 atom stereocenters. The topological polar surface area (TPSA) is 54.6 Å². The van der Waals surface area contributed by atoms with Crippen LogP contribution in [0.4, 0.5) is 0 Å². The van der Waals surface area contributed by atoms with Crippen LogP contribution in [0.3, 0.4) is 0 Å². The molecule has 3 aromatic rings. The Morgan fingerprint density at radius 1 is 1.18 bits per heavy atom. The maximum atomic E-state index is 11.7. The average Bonchev–Trinajstić information content (AvgIpc) is 2.88. The van der Waals surface area contributed by atoms with Gasteiger partial charge in [0.15, 0.2) is 5.69 Å². The van der Waals surface area contributed by atoms with Gasteiger partial charge in [-0.1, -0.05) is 44.2 Å². The van der Waals surface area contributed by atoms with Crippen LogP contribution in [-0.2, 0) is 0 Å². The van der Waals surface area contributed by atoms with E-state index in [0.29, 0.717) is 17.3 Å².